The Bertz CT molecular complexity index is 1460. The van der Waals surface area contributed by atoms with Gasteiger partial charge in [0.15, 0.2) is 6.29 Å². The van der Waals surface area contributed by atoms with E-state index in [0.29, 0.717) is 19.4 Å². The maximum absolute atomic E-state index is 13.0. The summed E-state index contributed by atoms with van der Waals surface area (Å²) in [6.07, 6.45) is 58.6. The molecule has 1 aliphatic rings. The Hall–Kier alpha value is -2.90. The van der Waals surface area contributed by atoms with E-state index < -0.39 is 49.5 Å². The van der Waals surface area contributed by atoms with Crippen molar-refractivity contribution in [3.8, 4) is 0 Å². The number of nitrogens with one attached hydrogen (secondary N) is 1. The predicted octanol–water partition coefficient (Wildman–Crippen LogP) is 14.0. The van der Waals surface area contributed by atoms with Crippen LogP contribution in [0.15, 0.2) is 72.9 Å². The highest BCUT2D eigenvalue weighted by Crippen LogP contribution is 2.23. The lowest BCUT2D eigenvalue weighted by atomic mass is 9.99. The first-order chi connectivity index (χ1) is 36.2. The maximum Gasteiger partial charge on any atom is 0.305 e. The normalized spacial score (nSPS) is 19.4. The molecule has 0 bridgehead atoms. The molecule has 1 amide bonds. The van der Waals surface area contributed by atoms with E-state index in [-0.39, 0.29) is 18.5 Å². The van der Waals surface area contributed by atoms with E-state index >= 15 is 0 Å². The standard InChI is InChI=1S/C63H111NO10/c1-3-5-7-9-11-13-15-16-26-30-33-37-41-45-49-56(66)55(54-73-63-62(71)61(70)60(69)57(53-65)74-63)64-58(67)50-46-42-38-34-31-27-24-22-20-18-17-19-21-23-25-28-32-36-40-44-48-52-72-59(68)51-47-43-39-35-29-14-12-10-8-6-4-2/h10,12-13,15,28,30,32-33,40,44-45,49,55-57,60-63,65-66,69-71H,3-9,11,14,16-27,29,31,34-39,41-43,46-48,50-54H2,1-2H3,(H,64,67)/b12-10-,15-13+,32-28-,33-30+,44-40-,49-45+. The number of rotatable bonds is 51. The summed E-state index contributed by atoms with van der Waals surface area (Å²) in [5, 5.41) is 54.4. The van der Waals surface area contributed by atoms with Gasteiger partial charge in [0.2, 0.25) is 5.91 Å². The molecule has 0 spiro atoms. The van der Waals surface area contributed by atoms with Gasteiger partial charge in [-0.25, -0.2) is 0 Å². The number of aliphatic hydroxyl groups excluding tert-OH is 5. The fraction of sp³-hybridized carbons (Fsp3) is 0.778. The molecule has 74 heavy (non-hydrogen) atoms. The van der Waals surface area contributed by atoms with E-state index in [0.717, 1.165) is 89.9 Å². The second kappa shape index (κ2) is 52.2. The lowest BCUT2D eigenvalue weighted by molar-refractivity contribution is -0.302. The lowest BCUT2D eigenvalue weighted by Gasteiger charge is -2.40. The summed E-state index contributed by atoms with van der Waals surface area (Å²) >= 11 is 0. The fourth-order valence-electron chi connectivity index (χ4n) is 8.93. The third-order valence-corrected chi connectivity index (χ3v) is 13.8. The number of hydrogen-bond acceptors (Lipinski definition) is 10. The van der Waals surface area contributed by atoms with Crippen LogP contribution in [0.25, 0.3) is 0 Å². The van der Waals surface area contributed by atoms with Gasteiger partial charge < -0.3 is 45.1 Å². The van der Waals surface area contributed by atoms with Crippen molar-refractivity contribution in [2.75, 3.05) is 19.8 Å². The zero-order valence-electron chi connectivity index (χ0n) is 47.0. The van der Waals surface area contributed by atoms with Crippen LogP contribution in [0, 0.1) is 0 Å². The summed E-state index contributed by atoms with van der Waals surface area (Å²) in [6, 6.07) is -0.840. The number of aliphatic hydroxyl groups is 5. The number of carbonyl (C=O) groups excluding carboxylic acids is 2. The van der Waals surface area contributed by atoms with Gasteiger partial charge in [0.1, 0.15) is 24.4 Å². The number of unbranched alkanes of at least 4 members (excludes halogenated alkanes) is 27. The van der Waals surface area contributed by atoms with Crippen molar-refractivity contribution in [2.24, 2.45) is 0 Å². The molecule has 428 valence electrons. The van der Waals surface area contributed by atoms with Crippen LogP contribution >= 0.6 is 0 Å². The Morgan fingerprint density at radius 1 is 0.500 bits per heavy atom. The second-order valence-corrected chi connectivity index (χ2v) is 20.7. The Labute approximate surface area is 451 Å². The molecule has 1 heterocycles. The third kappa shape index (κ3) is 41.3. The molecular weight excluding hydrogens is 931 g/mol. The largest absolute Gasteiger partial charge is 0.465 e. The molecule has 1 saturated heterocycles. The summed E-state index contributed by atoms with van der Waals surface area (Å²) in [6.45, 7) is 4.14. The topological polar surface area (TPSA) is 175 Å². The number of allylic oxidation sites excluding steroid dienone is 10. The number of amides is 1. The Morgan fingerprint density at radius 2 is 0.932 bits per heavy atom. The highest BCUT2D eigenvalue weighted by atomic mass is 16.7. The van der Waals surface area contributed by atoms with Crippen LogP contribution in [-0.2, 0) is 23.8 Å². The number of esters is 1. The highest BCUT2D eigenvalue weighted by molar-refractivity contribution is 5.76. The van der Waals surface area contributed by atoms with Gasteiger partial charge in [-0.05, 0) is 96.3 Å². The van der Waals surface area contributed by atoms with Crippen molar-refractivity contribution < 1.29 is 49.3 Å². The molecule has 11 nitrogen and oxygen atoms in total. The molecule has 7 unspecified atom stereocenters. The van der Waals surface area contributed by atoms with Crippen molar-refractivity contribution in [2.45, 2.75) is 294 Å². The summed E-state index contributed by atoms with van der Waals surface area (Å²) < 4.78 is 16.6. The van der Waals surface area contributed by atoms with Crippen molar-refractivity contribution in [3.05, 3.63) is 72.9 Å². The molecule has 0 saturated carbocycles. The van der Waals surface area contributed by atoms with E-state index in [1.807, 2.05) is 6.08 Å². The summed E-state index contributed by atoms with van der Waals surface area (Å²) in [5.41, 5.74) is 0. The predicted molar refractivity (Wildman–Crippen MR) is 306 cm³/mol. The van der Waals surface area contributed by atoms with Crippen molar-refractivity contribution in [3.63, 3.8) is 0 Å². The number of carbonyl (C=O) groups is 2. The molecule has 1 fully saturated rings. The van der Waals surface area contributed by atoms with E-state index in [2.05, 4.69) is 79.9 Å². The van der Waals surface area contributed by atoms with Gasteiger partial charge in [0.25, 0.3) is 0 Å². The van der Waals surface area contributed by atoms with Crippen LogP contribution in [0.2, 0.25) is 0 Å². The van der Waals surface area contributed by atoms with E-state index in [4.69, 9.17) is 14.2 Å². The Balaban J connectivity index is 2.13. The molecule has 0 aromatic heterocycles. The smallest absolute Gasteiger partial charge is 0.305 e. The Kier molecular flexibility index (Phi) is 48.7. The lowest BCUT2D eigenvalue weighted by Crippen LogP contribution is -2.60. The van der Waals surface area contributed by atoms with Crippen molar-refractivity contribution >= 4 is 11.9 Å². The molecule has 0 aromatic rings. The molecular formula is C63H111NO10. The minimum Gasteiger partial charge on any atom is -0.465 e. The molecule has 0 radical (unpaired) electrons. The zero-order chi connectivity index (χ0) is 53.8. The maximum atomic E-state index is 13.0. The van der Waals surface area contributed by atoms with Crippen molar-refractivity contribution in [1.29, 1.82) is 0 Å². The van der Waals surface area contributed by atoms with Crippen LogP contribution in [-0.4, -0.2) is 100 Å². The highest BCUT2D eigenvalue weighted by Gasteiger charge is 2.44. The molecule has 0 aromatic carbocycles. The van der Waals surface area contributed by atoms with Gasteiger partial charge in [-0.2, -0.15) is 0 Å². The fourth-order valence-corrected chi connectivity index (χ4v) is 8.93. The van der Waals surface area contributed by atoms with Gasteiger partial charge in [-0.15, -0.1) is 0 Å². The average molecular weight is 1040 g/mol. The molecule has 0 aliphatic carbocycles. The van der Waals surface area contributed by atoms with Crippen molar-refractivity contribution in [1.82, 2.24) is 5.32 Å². The van der Waals surface area contributed by atoms with Gasteiger partial charge in [0, 0.05) is 12.8 Å². The zero-order valence-corrected chi connectivity index (χ0v) is 47.0. The molecule has 11 heteroatoms. The molecule has 7 atom stereocenters. The van der Waals surface area contributed by atoms with Gasteiger partial charge in [-0.1, -0.05) is 215 Å². The van der Waals surface area contributed by atoms with Crippen LogP contribution in [0.5, 0.6) is 0 Å². The number of ether oxygens (including phenoxy) is 3. The Morgan fingerprint density at radius 3 is 1.46 bits per heavy atom. The van der Waals surface area contributed by atoms with Crippen LogP contribution in [0.3, 0.4) is 0 Å². The summed E-state index contributed by atoms with van der Waals surface area (Å²) in [4.78, 5) is 25.0. The van der Waals surface area contributed by atoms with E-state index in [1.54, 1.807) is 6.08 Å². The average Bonchev–Trinajstić information content (AvgIpc) is 3.40. The SMILES string of the molecule is CCCC/C=C\CCCCCCCC(=O)OCC/C=C\C/C=C\CCCCCCCCCCCCCCCCC(=O)NC(COC1OC(CO)C(O)C(O)C1O)C(O)/C=C/CC/C=C/CC/C=C/CCCCCC. The molecule has 1 aliphatic heterocycles. The van der Waals surface area contributed by atoms with E-state index in [9.17, 15) is 35.1 Å². The first-order valence-corrected chi connectivity index (χ1v) is 30.2. The van der Waals surface area contributed by atoms with Crippen LogP contribution < -0.4 is 5.32 Å². The first kappa shape index (κ1) is 69.1. The monoisotopic (exact) mass is 1040 g/mol. The first-order valence-electron chi connectivity index (χ1n) is 30.2. The van der Waals surface area contributed by atoms with Gasteiger partial charge >= 0.3 is 5.97 Å². The number of hydrogen-bond donors (Lipinski definition) is 6. The third-order valence-electron chi connectivity index (χ3n) is 13.8. The van der Waals surface area contributed by atoms with Crippen LogP contribution in [0.1, 0.15) is 251 Å². The van der Waals surface area contributed by atoms with Gasteiger partial charge in [-0.3, -0.25) is 9.59 Å². The minimum absolute atomic E-state index is 0.0613. The summed E-state index contributed by atoms with van der Waals surface area (Å²) in [7, 11) is 0. The summed E-state index contributed by atoms with van der Waals surface area (Å²) in [5.74, 6) is -0.264. The molecule has 1 rings (SSSR count). The van der Waals surface area contributed by atoms with E-state index in [1.165, 1.54) is 135 Å². The minimum atomic E-state index is -1.58. The van der Waals surface area contributed by atoms with Gasteiger partial charge in [0.05, 0.1) is 32.0 Å². The van der Waals surface area contributed by atoms with Crippen LogP contribution in [0.4, 0.5) is 0 Å². The second-order valence-electron chi connectivity index (χ2n) is 20.7. The quantitative estimate of drug-likeness (QED) is 0.0195. The molecule has 6 N–H and O–H groups in total.